The number of aryl methyl sites for hydroxylation is 1. The third-order valence-corrected chi connectivity index (χ3v) is 5.52. The Morgan fingerprint density at radius 2 is 1.87 bits per heavy atom. The van der Waals surface area contributed by atoms with Gasteiger partial charge in [0.2, 0.25) is 0 Å². The largest absolute Gasteiger partial charge is 0.353 e. The lowest BCUT2D eigenvalue weighted by molar-refractivity contribution is 0.786. The van der Waals surface area contributed by atoms with Crippen LogP contribution in [0.3, 0.4) is 0 Å². The number of benzene rings is 1. The van der Waals surface area contributed by atoms with Crippen molar-refractivity contribution in [2.45, 2.75) is 13.3 Å². The molecule has 1 aliphatic rings. The molecule has 1 aliphatic heterocycles. The van der Waals surface area contributed by atoms with Crippen molar-refractivity contribution in [1.82, 2.24) is 15.2 Å². The summed E-state index contributed by atoms with van der Waals surface area (Å²) in [5.74, 6) is 0.967. The van der Waals surface area contributed by atoms with Gasteiger partial charge < -0.3 is 9.80 Å². The fraction of sp³-hybridized carbons (Fsp3) is 0.353. The van der Waals surface area contributed by atoms with Gasteiger partial charge >= 0.3 is 0 Å². The predicted octanol–water partition coefficient (Wildman–Crippen LogP) is 3.11. The molecule has 4 rings (SSSR count). The maximum absolute atomic E-state index is 4.83. The summed E-state index contributed by atoms with van der Waals surface area (Å²) < 4.78 is 1.30. The van der Waals surface area contributed by atoms with Gasteiger partial charge in [-0.1, -0.05) is 23.5 Å². The molecule has 0 aliphatic carbocycles. The monoisotopic (exact) mass is 325 g/mol. The fourth-order valence-corrected chi connectivity index (χ4v) is 4.10. The lowest BCUT2D eigenvalue weighted by atomic mass is 10.2. The van der Waals surface area contributed by atoms with Crippen LogP contribution in [0.4, 0.5) is 10.9 Å². The summed E-state index contributed by atoms with van der Waals surface area (Å²) in [6.45, 7) is 6.13. The third kappa shape index (κ3) is 2.86. The number of aromatic nitrogens is 3. The standard InChI is InChI=1S/C17H19N5S/c1-13-5-2-6-14-16(13)23-17(19-14)22-10-4-9-21(11-12-22)15-7-3-8-18-20-15/h2-3,5-8H,4,9-12H2,1H3. The second-order valence-electron chi connectivity index (χ2n) is 5.83. The molecule has 3 aromatic rings. The van der Waals surface area contributed by atoms with Crippen molar-refractivity contribution >= 4 is 32.5 Å². The molecule has 0 unspecified atom stereocenters. The minimum Gasteiger partial charge on any atom is -0.353 e. The topological polar surface area (TPSA) is 45.2 Å². The Balaban J connectivity index is 1.55. The van der Waals surface area contributed by atoms with E-state index in [1.807, 2.05) is 12.1 Å². The summed E-state index contributed by atoms with van der Waals surface area (Å²) in [7, 11) is 0. The van der Waals surface area contributed by atoms with E-state index in [9.17, 15) is 0 Å². The first kappa shape index (κ1) is 14.4. The Bertz CT molecular complexity index is 801. The Kier molecular flexibility index (Phi) is 3.83. The number of thiazole rings is 1. The SMILES string of the molecule is Cc1cccc2nc(N3CCCN(c4cccnn4)CC3)sc12. The predicted molar refractivity (Wildman–Crippen MR) is 95.4 cm³/mol. The summed E-state index contributed by atoms with van der Waals surface area (Å²) in [4.78, 5) is 9.55. The molecule has 0 spiro atoms. The maximum Gasteiger partial charge on any atom is 0.186 e. The molecular weight excluding hydrogens is 306 g/mol. The molecule has 1 aromatic carbocycles. The number of nitrogens with zero attached hydrogens (tertiary/aromatic N) is 5. The van der Waals surface area contributed by atoms with Crippen LogP contribution in [0.25, 0.3) is 10.2 Å². The quantitative estimate of drug-likeness (QED) is 0.724. The van der Waals surface area contributed by atoms with Gasteiger partial charge in [0.25, 0.3) is 0 Å². The van der Waals surface area contributed by atoms with Crippen molar-refractivity contribution in [3.63, 3.8) is 0 Å². The van der Waals surface area contributed by atoms with Crippen molar-refractivity contribution in [3.8, 4) is 0 Å². The van der Waals surface area contributed by atoms with Crippen LogP contribution in [-0.4, -0.2) is 41.4 Å². The zero-order valence-corrected chi connectivity index (χ0v) is 14.0. The van der Waals surface area contributed by atoms with Gasteiger partial charge in [0.1, 0.15) is 0 Å². The van der Waals surface area contributed by atoms with Crippen LogP contribution in [0.2, 0.25) is 0 Å². The van der Waals surface area contributed by atoms with Gasteiger partial charge in [-0.2, -0.15) is 5.10 Å². The fourth-order valence-electron chi connectivity index (χ4n) is 3.01. The number of fused-ring (bicyclic) bond motifs is 1. The normalized spacial score (nSPS) is 15.9. The van der Waals surface area contributed by atoms with Crippen LogP contribution >= 0.6 is 11.3 Å². The molecule has 0 amide bonds. The van der Waals surface area contributed by atoms with E-state index >= 15 is 0 Å². The third-order valence-electron chi connectivity index (χ3n) is 4.25. The van der Waals surface area contributed by atoms with E-state index in [1.165, 1.54) is 10.3 Å². The molecule has 1 saturated heterocycles. The first-order chi connectivity index (χ1) is 11.3. The molecule has 0 saturated carbocycles. The summed E-state index contributed by atoms with van der Waals surface area (Å²) in [6, 6.07) is 10.3. The molecule has 118 valence electrons. The van der Waals surface area contributed by atoms with E-state index in [0.717, 1.165) is 49.1 Å². The van der Waals surface area contributed by atoms with Crippen LogP contribution in [0.1, 0.15) is 12.0 Å². The van der Waals surface area contributed by atoms with Gasteiger partial charge in [-0.3, -0.25) is 0 Å². The van der Waals surface area contributed by atoms with Gasteiger partial charge in [-0.15, -0.1) is 5.10 Å². The molecule has 5 nitrogen and oxygen atoms in total. The molecule has 0 bridgehead atoms. The van der Waals surface area contributed by atoms with Crippen LogP contribution in [0.15, 0.2) is 36.5 Å². The van der Waals surface area contributed by atoms with E-state index < -0.39 is 0 Å². The first-order valence-corrected chi connectivity index (χ1v) is 8.77. The lowest BCUT2D eigenvalue weighted by Crippen LogP contribution is -2.31. The van der Waals surface area contributed by atoms with Gasteiger partial charge in [-0.05, 0) is 37.1 Å². The van der Waals surface area contributed by atoms with Crippen molar-refractivity contribution in [3.05, 3.63) is 42.1 Å². The molecule has 2 aromatic heterocycles. The second-order valence-corrected chi connectivity index (χ2v) is 6.81. The highest BCUT2D eigenvalue weighted by atomic mass is 32.1. The number of hydrogen-bond acceptors (Lipinski definition) is 6. The smallest absolute Gasteiger partial charge is 0.186 e. The lowest BCUT2D eigenvalue weighted by Gasteiger charge is -2.21. The van der Waals surface area contributed by atoms with Crippen LogP contribution in [0, 0.1) is 6.92 Å². The van der Waals surface area contributed by atoms with E-state index in [4.69, 9.17) is 4.98 Å². The van der Waals surface area contributed by atoms with Gasteiger partial charge in [0.15, 0.2) is 10.9 Å². The minimum atomic E-state index is 0.952. The molecule has 1 fully saturated rings. The average molecular weight is 325 g/mol. The summed E-state index contributed by atoms with van der Waals surface area (Å²) in [5, 5.41) is 9.36. The Morgan fingerprint density at radius 1 is 1.00 bits per heavy atom. The molecule has 0 N–H and O–H groups in total. The van der Waals surface area contributed by atoms with E-state index in [1.54, 1.807) is 17.5 Å². The molecule has 0 radical (unpaired) electrons. The van der Waals surface area contributed by atoms with Crippen LogP contribution in [0.5, 0.6) is 0 Å². The summed E-state index contributed by atoms with van der Waals surface area (Å²) >= 11 is 1.81. The minimum absolute atomic E-state index is 0.952. The van der Waals surface area contributed by atoms with Crippen molar-refractivity contribution < 1.29 is 0 Å². The summed E-state index contributed by atoms with van der Waals surface area (Å²) in [5.41, 5.74) is 2.42. The number of rotatable bonds is 2. The van der Waals surface area contributed by atoms with Gasteiger partial charge in [0, 0.05) is 32.4 Å². The Labute approximate surface area is 139 Å². The number of anilines is 2. The van der Waals surface area contributed by atoms with Crippen LogP contribution < -0.4 is 9.80 Å². The highest BCUT2D eigenvalue weighted by Crippen LogP contribution is 2.31. The second kappa shape index (κ2) is 6.12. The van der Waals surface area contributed by atoms with Crippen molar-refractivity contribution in [1.29, 1.82) is 0 Å². The van der Waals surface area contributed by atoms with E-state index in [2.05, 4.69) is 45.1 Å². The van der Waals surface area contributed by atoms with E-state index in [-0.39, 0.29) is 0 Å². The van der Waals surface area contributed by atoms with Crippen molar-refractivity contribution in [2.75, 3.05) is 36.0 Å². The van der Waals surface area contributed by atoms with Crippen LogP contribution in [-0.2, 0) is 0 Å². The molecular formula is C17H19N5S. The zero-order valence-electron chi connectivity index (χ0n) is 13.1. The Hall–Kier alpha value is -2.21. The summed E-state index contributed by atoms with van der Waals surface area (Å²) in [6.07, 6.45) is 2.82. The highest BCUT2D eigenvalue weighted by molar-refractivity contribution is 7.22. The van der Waals surface area contributed by atoms with Crippen molar-refractivity contribution in [2.24, 2.45) is 0 Å². The van der Waals surface area contributed by atoms with Gasteiger partial charge in [-0.25, -0.2) is 4.98 Å². The molecule has 0 atom stereocenters. The molecule has 3 heterocycles. The first-order valence-electron chi connectivity index (χ1n) is 7.95. The van der Waals surface area contributed by atoms with E-state index in [0.29, 0.717) is 0 Å². The zero-order chi connectivity index (χ0) is 15.6. The molecule has 23 heavy (non-hydrogen) atoms. The molecule has 6 heteroatoms. The highest BCUT2D eigenvalue weighted by Gasteiger charge is 2.19. The average Bonchev–Trinajstić information content (AvgIpc) is 2.87. The van der Waals surface area contributed by atoms with Gasteiger partial charge in [0.05, 0.1) is 10.2 Å². The number of hydrogen-bond donors (Lipinski definition) is 0. The maximum atomic E-state index is 4.83. The Morgan fingerprint density at radius 3 is 2.70 bits per heavy atom.